The van der Waals surface area contributed by atoms with Gasteiger partial charge in [-0.2, -0.15) is 0 Å². The number of unbranched alkanes of at least 4 members (excludes halogenated alkanes) is 21. The molecule has 1 rings (SSSR count). The molecular formula is C31H55NO. The van der Waals surface area contributed by atoms with Crippen molar-refractivity contribution in [2.75, 3.05) is 5.32 Å². The lowest BCUT2D eigenvalue weighted by Crippen LogP contribution is -2.10. The Kier molecular flexibility index (Phi) is 21.5. The fraction of sp³-hybridized carbons (Fsp3) is 0.774. The van der Waals surface area contributed by atoms with Crippen molar-refractivity contribution in [3.63, 3.8) is 0 Å². The molecule has 0 bridgehead atoms. The number of para-hydroxylation sites is 1. The maximum absolute atomic E-state index is 11.9. The van der Waals surface area contributed by atoms with Gasteiger partial charge in [0.15, 0.2) is 0 Å². The lowest BCUT2D eigenvalue weighted by molar-refractivity contribution is -0.116. The first kappa shape index (κ1) is 29.7. The molecule has 0 atom stereocenters. The van der Waals surface area contributed by atoms with Crippen LogP contribution in [0.3, 0.4) is 0 Å². The Balaban J connectivity index is 1.69. The minimum atomic E-state index is 0.148. The Labute approximate surface area is 206 Å². The highest BCUT2D eigenvalue weighted by Crippen LogP contribution is 2.15. The lowest BCUT2D eigenvalue weighted by Gasteiger charge is -2.05. The van der Waals surface area contributed by atoms with E-state index in [4.69, 9.17) is 0 Å². The molecule has 190 valence electrons. The second kappa shape index (κ2) is 23.8. The first-order valence-corrected chi connectivity index (χ1v) is 14.7. The number of rotatable bonds is 24. The van der Waals surface area contributed by atoms with Crippen LogP contribution in [0.4, 0.5) is 5.69 Å². The molecular weight excluding hydrogens is 402 g/mol. The Morgan fingerprint density at radius 2 is 0.848 bits per heavy atom. The van der Waals surface area contributed by atoms with Crippen molar-refractivity contribution in [3.8, 4) is 0 Å². The molecule has 1 aromatic rings. The molecule has 0 fully saturated rings. The van der Waals surface area contributed by atoms with Crippen molar-refractivity contribution >= 4 is 11.6 Å². The normalized spacial score (nSPS) is 11.1. The monoisotopic (exact) mass is 457 g/mol. The van der Waals surface area contributed by atoms with E-state index in [0.29, 0.717) is 6.42 Å². The molecule has 0 aliphatic rings. The van der Waals surface area contributed by atoms with E-state index < -0.39 is 0 Å². The SMILES string of the molecule is CCCCCCCCCCCCCCCCCCCCCCCCC(=O)Nc1ccccc1. The third-order valence-electron chi connectivity index (χ3n) is 6.81. The average molecular weight is 458 g/mol. The van der Waals surface area contributed by atoms with Crippen LogP contribution in [-0.2, 0) is 4.79 Å². The Morgan fingerprint density at radius 3 is 1.21 bits per heavy atom. The summed E-state index contributed by atoms with van der Waals surface area (Å²) in [4.78, 5) is 11.9. The van der Waals surface area contributed by atoms with Gasteiger partial charge in [0, 0.05) is 12.1 Å². The van der Waals surface area contributed by atoms with Gasteiger partial charge >= 0.3 is 0 Å². The highest BCUT2D eigenvalue weighted by molar-refractivity contribution is 5.90. The maximum Gasteiger partial charge on any atom is 0.224 e. The predicted molar refractivity (Wildman–Crippen MR) is 147 cm³/mol. The summed E-state index contributed by atoms with van der Waals surface area (Å²) in [5.74, 6) is 0.148. The van der Waals surface area contributed by atoms with Gasteiger partial charge in [0.2, 0.25) is 5.91 Å². The summed E-state index contributed by atoms with van der Waals surface area (Å²) in [5.41, 5.74) is 0.904. The van der Waals surface area contributed by atoms with Gasteiger partial charge in [0.25, 0.3) is 0 Å². The minimum absolute atomic E-state index is 0.148. The van der Waals surface area contributed by atoms with Crippen molar-refractivity contribution in [1.29, 1.82) is 0 Å². The molecule has 33 heavy (non-hydrogen) atoms. The first-order chi connectivity index (χ1) is 16.3. The summed E-state index contributed by atoms with van der Waals surface area (Å²) in [7, 11) is 0. The number of carbonyl (C=O) groups is 1. The van der Waals surface area contributed by atoms with E-state index >= 15 is 0 Å². The van der Waals surface area contributed by atoms with Crippen LogP contribution in [0, 0.1) is 0 Å². The van der Waals surface area contributed by atoms with Gasteiger partial charge in [-0.15, -0.1) is 0 Å². The predicted octanol–water partition coefficient (Wildman–Crippen LogP) is 10.6. The first-order valence-electron chi connectivity index (χ1n) is 14.7. The van der Waals surface area contributed by atoms with Gasteiger partial charge in [-0.25, -0.2) is 0 Å². The molecule has 0 aromatic heterocycles. The molecule has 0 aliphatic heterocycles. The van der Waals surface area contributed by atoms with Crippen molar-refractivity contribution in [2.24, 2.45) is 0 Å². The van der Waals surface area contributed by atoms with Crippen LogP contribution in [0.15, 0.2) is 30.3 Å². The molecule has 0 aliphatic carbocycles. The number of hydrogen-bond donors (Lipinski definition) is 1. The van der Waals surface area contributed by atoms with Crippen LogP contribution in [0.25, 0.3) is 0 Å². The zero-order chi connectivity index (χ0) is 23.7. The number of hydrogen-bond acceptors (Lipinski definition) is 1. The number of amides is 1. The second-order valence-corrected chi connectivity index (χ2v) is 10.1. The number of nitrogens with one attached hydrogen (secondary N) is 1. The van der Waals surface area contributed by atoms with E-state index in [9.17, 15) is 4.79 Å². The highest BCUT2D eigenvalue weighted by atomic mass is 16.1. The molecule has 0 saturated carbocycles. The maximum atomic E-state index is 11.9. The summed E-state index contributed by atoms with van der Waals surface area (Å²) in [5, 5.41) is 2.97. The standard InChI is InChI=1S/C31H55NO/c1-2-3-4-5-6-7-8-9-10-11-12-13-14-15-16-17-18-19-20-21-22-26-29-31(33)32-30-27-24-23-25-28-30/h23-25,27-28H,2-22,26,29H2,1H3,(H,32,33). The molecule has 1 aromatic carbocycles. The van der Waals surface area contributed by atoms with Crippen LogP contribution in [0.1, 0.15) is 155 Å². The van der Waals surface area contributed by atoms with Crippen molar-refractivity contribution < 1.29 is 4.79 Å². The van der Waals surface area contributed by atoms with Gasteiger partial charge in [-0.3, -0.25) is 4.79 Å². The quantitative estimate of drug-likeness (QED) is 0.154. The molecule has 1 N–H and O–H groups in total. The fourth-order valence-electron chi connectivity index (χ4n) is 4.64. The lowest BCUT2D eigenvalue weighted by atomic mass is 10.0. The summed E-state index contributed by atoms with van der Waals surface area (Å²) < 4.78 is 0. The van der Waals surface area contributed by atoms with Gasteiger partial charge < -0.3 is 5.32 Å². The van der Waals surface area contributed by atoms with Crippen LogP contribution in [-0.4, -0.2) is 5.91 Å². The van der Waals surface area contributed by atoms with E-state index in [1.165, 1.54) is 135 Å². The van der Waals surface area contributed by atoms with Crippen LogP contribution < -0.4 is 5.32 Å². The Bertz CT molecular complexity index is 527. The zero-order valence-corrected chi connectivity index (χ0v) is 22.1. The van der Waals surface area contributed by atoms with E-state index in [1.54, 1.807) is 0 Å². The van der Waals surface area contributed by atoms with Crippen LogP contribution >= 0.6 is 0 Å². The Morgan fingerprint density at radius 1 is 0.515 bits per heavy atom. The van der Waals surface area contributed by atoms with Crippen molar-refractivity contribution in [2.45, 2.75) is 155 Å². The van der Waals surface area contributed by atoms with Crippen LogP contribution in [0.5, 0.6) is 0 Å². The van der Waals surface area contributed by atoms with E-state index in [1.807, 2.05) is 30.3 Å². The molecule has 1 amide bonds. The van der Waals surface area contributed by atoms with Gasteiger partial charge in [0.05, 0.1) is 0 Å². The van der Waals surface area contributed by atoms with E-state index in [0.717, 1.165) is 12.1 Å². The van der Waals surface area contributed by atoms with E-state index in [-0.39, 0.29) is 5.91 Å². The molecule has 0 spiro atoms. The third kappa shape index (κ3) is 21.0. The largest absolute Gasteiger partial charge is 0.326 e. The highest BCUT2D eigenvalue weighted by Gasteiger charge is 2.01. The summed E-state index contributed by atoms with van der Waals surface area (Å²) in [6.45, 7) is 2.29. The Hall–Kier alpha value is -1.31. The van der Waals surface area contributed by atoms with Gasteiger partial charge in [-0.1, -0.05) is 160 Å². The summed E-state index contributed by atoms with van der Waals surface area (Å²) in [6.07, 6.45) is 31.4. The topological polar surface area (TPSA) is 29.1 Å². The fourth-order valence-corrected chi connectivity index (χ4v) is 4.64. The average Bonchev–Trinajstić information content (AvgIpc) is 2.83. The second-order valence-electron chi connectivity index (χ2n) is 10.1. The number of carbonyl (C=O) groups excluding carboxylic acids is 1. The summed E-state index contributed by atoms with van der Waals surface area (Å²) >= 11 is 0. The molecule has 2 heteroatoms. The molecule has 0 heterocycles. The van der Waals surface area contributed by atoms with E-state index in [2.05, 4.69) is 12.2 Å². The molecule has 0 unspecified atom stereocenters. The number of anilines is 1. The molecule has 0 saturated heterocycles. The minimum Gasteiger partial charge on any atom is -0.326 e. The van der Waals surface area contributed by atoms with Crippen molar-refractivity contribution in [1.82, 2.24) is 0 Å². The van der Waals surface area contributed by atoms with Crippen molar-refractivity contribution in [3.05, 3.63) is 30.3 Å². The molecule has 2 nitrogen and oxygen atoms in total. The van der Waals surface area contributed by atoms with Gasteiger partial charge in [0.1, 0.15) is 0 Å². The van der Waals surface area contributed by atoms with Gasteiger partial charge in [-0.05, 0) is 18.6 Å². The van der Waals surface area contributed by atoms with Crippen LogP contribution in [0.2, 0.25) is 0 Å². The number of benzene rings is 1. The third-order valence-corrected chi connectivity index (χ3v) is 6.81. The zero-order valence-electron chi connectivity index (χ0n) is 22.1. The molecule has 0 radical (unpaired) electrons. The smallest absolute Gasteiger partial charge is 0.224 e. The summed E-state index contributed by atoms with van der Waals surface area (Å²) in [6, 6.07) is 9.76.